The first-order valence-electron chi connectivity index (χ1n) is 10.1. The summed E-state index contributed by atoms with van der Waals surface area (Å²) in [5, 5.41) is 2.85. The number of carbonyl (C=O) groups is 1. The first kappa shape index (κ1) is 21.3. The van der Waals surface area contributed by atoms with Crippen LogP contribution in [0.2, 0.25) is 0 Å². The smallest absolute Gasteiger partial charge is 0.256 e. The van der Waals surface area contributed by atoms with Crippen molar-refractivity contribution < 1.29 is 17.9 Å². The first-order chi connectivity index (χ1) is 13.9. The van der Waals surface area contributed by atoms with Gasteiger partial charge in [0.15, 0.2) is 0 Å². The molecule has 6 nitrogen and oxygen atoms in total. The molecule has 29 heavy (non-hydrogen) atoms. The van der Waals surface area contributed by atoms with E-state index in [1.807, 2.05) is 19.1 Å². The number of ether oxygens (including phenoxy) is 1. The second-order valence-electron chi connectivity index (χ2n) is 7.18. The van der Waals surface area contributed by atoms with Crippen molar-refractivity contribution in [1.29, 1.82) is 0 Å². The van der Waals surface area contributed by atoms with Crippen LogP contribution in [0.15, 0.2) is 47.4 Å². The van der Waals surface area contributed by atoms with E-state index in [0.717, 1.165) is 25.7 Å². The molecule has 0 radical (unpaired) electrons. The van der Waals surface area contributed by atoms with Crippen molar-refractivity contribution in [3.05, 3.63) is 53.6 Å². The average Bonchev–Trinajstić information content (AvgIpc) is 3.00. The maximum Gasteiger partial charge on any atom is 0.256 e. The van der Waals surface area contributed by atoms with E-state index in [2.05, 4.69) is 5.32 Å². The van der Waals surface area contributed by atoms with E-state index in [0.29, 0.717) is 42.3 Å². The summed E-state index contributed by atoms with van der Waals surface area (Å²) in [6, 6.07) is 11.9. The highest BCUT2D eigenvalue weighted by Gasteiger charge is 2.26. The Morgan fingerprint density at radius 3 is 2.45 bits per heavy atom. The Bertz CT molecular complexity index is 965. The molecule has 1 aliphatic heterocycles. The minimum absolute atomic E-state index is 0.160. The van der Waals surface area contributed by atoms with E-state index in [1.165, 1.54) is 10.4 Å². The molecule has 0 aliphatic carbocycles. The number of hydrogen-bond acceptors (Lipinski definition) is 4. The van der Waals surface area contributed by atoms with Crippen molar-refractivity contribution in [2.45, 2.75) is 44.4 Å². The van der Waals surface area contributed by atoms with Crippen molar-refractivity contribution in [2.75, 3.05) is 25.0 Å². The Balaban J connectivity index is 1.88. The summed E-state index contributed by atoms with van der Waals surface area (Å²) in [5.74, 6) is 0.219. The van der Waals surface area contributed by atoms with Gasteiger partial charge in [0.05, 0.1) is 17.2 Å². The molecule has 1 fully saturated rings. The Hall–Kier alpha value is -2.38. The van der Waals surface area contributed by atoms with Gasteiger partial charge in [-0.05, 0) is 56.5 Å². The number of carbonyl (C=O) groups excluding carboxylic acids is 1. The number of anilines is 1. The second kappa shape index (κ2) is 9.41. The molecule has 0 unspecified atom stereocenters. The molecule has 2 aromatic rings. The number of amides is 1. The van der Waals surface area contributed by atoms with Gasteiger partial charge in [0.2, 0.25) is 10.0 Å². The van der Waals surface area contributed by atoms with Gasteiger partial charge in [-0.3, -0.25) is 4.79 Å². The van der Waals surface area contributed by atoms with E-state index in [9.17, 15) is 13.2 Å². The maximum atomic E-state index is 13.1. The largest absolute Gasteiger partial charge is 0.492 e. The standard InChI is InChI=1S/C22H28N2O4S/c1-3-28-21-11-7-6-10-20(21)23-22(25)19-16-18(13-12-17(19)2)29(26,27)24-14-8-4-5-9-15-24/h6-7,10-13,16H,3-5,8-9,14-15H2,1-2H3,(H,23,25). The fourth-order valence-corrected chi connectivity index (χ4v) is 5.02. The third kappa shape index (κ3) is 4.97. The SMILES string of the molecule is CCOc1ccccc1NC(=O)c1cc(S(=O)(=O)N2CCCCCC2)ccc1C. The van der Waals surface area contributed by atoms with Crippen molar-refractivity contribution in [3.63, 3.8) is 0 Å². The van der Waals surface area contributed by atoms with Crippen LogP contribution in [0, 0.1) is 6.92 Å². The molecular formula is C22H28N2O4S. The number of nitrogens with zero attached hydrogens (tertiary/aromatic N) is 1. The van der Waals surface area contributed by atoms with Gasteiger partial charge in [-0.2, -0.15) is 4.31 Å². The normalized spacial score (nSPS) is 15.5. The molecule has 0 aromatic heterocycles. The molecule has 0 bridgehead atoms. The van der Waals surface area contributed by atoms with Crippen LogP contribution in [0.25, 0.3) is 0 Å². The van der Waals surface area contributed by atoms with Crippen LogP contribution in [0.1, 0.15) is 48.5 Å². The predicted octanol–water partition coefficient (Wildman–Crippen LogP) is 4.21. The lowest BCUT2D eigenvalue weighted by molar-refractivity contribution is 0.102. The minimum Gasteiger partial charge on any atom is -0.492 e. The van der Waals surface area contributed by atoms with Crippen LogP contribution >= 0.6 is 0 Å². The highest BCUT2D eigenvalue weighted by atomic mass is 32.2. The third-order valence-electron chi connectivity index (χ3n) is 5.09. The van der Waals surface area contributed by atoms with E-state index in [-0.39, 0.29) is 10.8 Å². The monoisotopic (exact) mass is 416 g/mol. The van der Waals surface area contributed by atoms with Crippen LogP contribution in [0.3, 0.4) is 0 Å². The Kier molecular flexibility index (Phi) is 6.92. The van der Waals surface area contributed by atoms with Crippen molar-refractivity contribution in [1.82, 2.24) is 4.31 Å². The van der Waals surface area contributed by atoms with Gasteiger partial charge < -0.3 is 10.1 Å². The summed E-state index contributed by atoms with van der Waals surface area (Å²) < 4.78 is 33.3. The van der Waals surface area contributed by atoms with Crippen molar-refractivity contribution >= 4 is 21.6 Å². The summed E-state index contributed by atoms with van der Waals surface area (Å²) in [6.45, 7) is 5.21. The molecule has 1 N–H and O–H groups in total. The van der Waals surface area contributed by atoms with E-state index < -0.39 is 10.0 Å². The van der Waals surface area contributed by atoms with Crippen LogP contribution in [0.5, 0.6) is 5.75 Å². The van der Waals surface area contributed by atoms with Gasteiger partial charge in [-0.1, -0.05) is 31.0 Å². The van der Waals surface area contributed by atoms with Crippen LogP contribution in [-0.2, 0) is 10.0 Å². The number of benzene rings is 2. The average molecular weight is 417 g/mol. The highest BCUT2D eigenvalue weighted by Crippen LogP contribution is 2.26. The topological polar surface area (TPSA) is 75.7 Å². The summed E-state index contributed by atoms with van der Waals surface area (Å²) in [4.78, 5) is 13.1. The zero-order valence-corrected chi connectivity index (χ0v) is 17.8. The fraction of sp³-hybridized carbons (Fsp3) is 0.409. The van der Waals surface area contributed by atoms with Gasteiger partial charge >= 0.3 is 0 Å². The summed E-state index contributed by atoms with van der Waals surface area (Å²) in [7, 11) is -3.62. The maximum absolute atomic E-state index is 13.1. The molecule has 1 amide bonds. The highest BCUT2D eigenvalue weighted by molar-refractivity contribution is 7.89. The van der Waals surface area contributed by atoms with Gasteiger partial charge in [0.1, 0.15) is 5.75 Å². The van der Waals surface area contributed by atoms with E-state index in [1.54, 1.807) is 31.2 Å². The first-order valence-corrected chi connectivity index (χ1v) is 11.5. The Morgan fingerprint density at radius 2 is 1.76 bits per heavy atom. The molecule has 0 spiro atoms. The number of para-hydroxylation sites is 2. The molecule has 7 heteroatoms. The molecular weight excluding hydrogens is 388 g/mol. The fourth-order valence-electron chi connectivity index (χ4n) is 3.48. The van der Waals surface area contributed by atoms with Gasteiger partial charge in [0, 0.05) is 18.7 Å². The molecule has 1 heterocycles. The van der Waals surface area contributed by atoms with Gasteiger partial charge in [-0.25, -0.2) is 8.42 Å². The molecule has 3 rings (SSSR count). The molecule has 0 saturated carbocycles. The van der Waals surface area contributed by atoms with Crippen LogP contribution in [-0.4, -0.2) is 38.3 Å². The zero-order valence-electron chi connectivity index (χ0n) is 17.0. The minimum atomic E-state index is -3.62. The number of aryl methyl sites for hydroxylation is 1. The van der Waals surface area contributed by atoms with E-state index in [4.69, 9.17) is 4.74 Å². The molecule has 0 atom stereocenters. The number of rotatable bonds is 6. The third-order valence-corrected chi connectivity index (χ3v) is 6.99. The summed E-state index contributed by atoms with van der Waals surface area (Å²) >= 11 is 0. The molecule has 2 aromatic carbocycles. The number of hydrogen-bond donors (Lipinski definition) is 1. The second-order valence-corrected chi connectivity index (χ2v) is 9.12. The molecule has 1 aliphatic rings. The molecule has 1 saturated heterocycles. The summed E-state index contributed by atoms with van der Waals surface area (Å²) in [6.07, 6.45) is 3.83. The Labute approximate surface area is 172 Å². The van der Waals surface area contributed by atoms with Gasteiger partial charge in [-0.15, -0.1) is 0 Å². The Morgan fingerprint density at radius 1 is 1.07 bits per heavy atom. The van der Waals surface area contributed by atoms with Crippen molar-refractivity contribution in [3.8, 4) is 5.75 Å². The zero-order chi connectivity index (χ0) is 20.9. The van der Waals surface area contributed by atoms with E-state index >= 15 is 0 Å². The lowest BCUT2D eigenvalue weighted by Crippen LogP contribution is -2.32. The van der Waals surface area contributed by atoms with Crippen molar-refractivity contribution in [2.24, 2.45) is 0 Å². The number of sulfonamides is 1. The van der Waals surface area contributed by atoms with Crippen LogP contribution < -0.4 is 10.1 Å². The number of nitrogens with one attached hydrogen (secondary N) is 1. The lowest BCUT2D eigenvalue weighted by Gasteiger charge is -2.20. The molecule has 156 valence electrons. The lowest BCUT2D eigenvalue weighted by atomic mass is 10.1. The quantitative estimate of drug-likeness (QED) is 0.765. The predicted molar refractivity (Wildman–Crippen MR) is 114 cm³/mol. The van der Waals surface area contributed by atoms with Gasteiger partial charge in [0.25, 0.3) is 5.91 Å². The van der Waals surface area contributed by atoms with Crippen LogP contribution in [0.4, 0.5) is 5.69 Å². The summed E-state index contributed by atoms with van der Waals surface area (Å²) in [5.41, 5.74) is 1.61.